The molecule has 2 aromatic rings. The van der Waals surface area contributed by atoms with Crippen LogP contribution in [-0.2, 0) is 9.59 Å². The molecule has 2 N–H and O–H groups in total. The number of benzene rings is 2. The molecule has 2 aromatic carbocycles. The molecule has 1 aliphatic heterocycles. The number of carbonyl (C=O) groups is 3. The van der Waals surface area contributed by atoms with Crippen LogP contribution < -0.4 is 10.1 Å². The lowest BCUT2D eigenvalue weighted by Gasteiger charge is -2.13. The van der Waals surface area contributed by atoms with Crippen molar-refractivity contribution in [3.8, 4) is 11.5 Å². The van der Waals surface area contributed by atoms with Gasteiger partial charge in [-0.2, -0.15) is 0 Å². The molecule has 3 rings (SSSR count). The number of phenols is 1. The Morgan fingerprint density at radius 3 is 2.73 bits per heavy atom. The number of imide groups is 1. The van der Waals surface area contributed by atoms with Crippen LogP contribution in [0.15, 0.2) is 39.7 Å². The first-order valence-electron chi connectivity index (χ1n) is 8.57. The number of methoxy groups -OCH3 is 1. The van der Waals surface area contributed by atoms with E-state index in [1.807, 2.05) is 6.92 Å². The van der Waals surface area contributed by atoms with E-state index in [1.165, 1.54) is 19.3 Å². The Kier molecular flexibility index (Phi) is 6.74. The summed E-state index contributed by atoms with van der Waals surface area (Å²) in [5.74, 6) is -0.959. The first-order chi connectivity index (χ1) is 14.2. The molecule has 156 valence electrons. The first-order valence-corrected chi connectivity index (χ1v) is 10.6. The normalized spacial score (nSPS) is 15.1. The minimum absolute atomic E-state index is 0.0735. The number of aryl methyl sites for hydroxylation is 1. The molecule has 1 heterocycles. The number of hydrogen-bond acceptors (Lipinski definition) is 6. The van der Waals surface area contributed by atoms with Crippen molar-refractivity contribution in [3.05, 3.63) is 55.9 Å². The summed E-state index contributed by atoms with van der Waals surface area (Å²) in [5, 5.41) is 12.5. The lowest BCUT2D eigenvalue weighted by atomic mass is 10.2. The second-order valence-corrected chi connectivity index (χ2v) is 8.59. The number of rotatable bonds is 5. The highest BCUT2D eigenvalue weighted by molar-refractivity contribution is 9.10. The maximum Gasteiger partial charge on any atom is 0.294 e. The molecule has 0 unspecified atom stereocenters. The van der Waals surface area contributed by atoms with E-state index in [0.717, 1.165) is 22.2 Å². The number of amides is 3. The molecule has 7 nitrogen and oxygen atoms in total. The Labute approximate surface area is 190 Å². The molecule has 0 aromatic heterocycles. The topological polar surface area (TPSA) is 95.9 Å². The summed E-state index contributed by atoms with van der Waals surface area (Å²) in [4.78, 5) is 38.2. The third kappa shape index (κ3) is 4.80. The quantitative estimate of drug-likeness (QED) is 0.560. The Hall–Kier alpha value is -2.49. The van der Waals surface area contributed by atoms with Gasteiger partial charge in [0.15, 0.2) is 11.5 Å². The van der Waals surface area contributed by atoms with Crippen LogP contribution in [0.25, 0.3) is 6.08 Å². The van der Waals surface area contributed by atoms with Crippen LogP contribution in [0.4, 0.5) is 10.5 Å². The van der Waals surface area contributed by atoms with Gasteiger partial charge in [-0.3, -0.25) is 19.3 Å². The van der Waals surface area contributed by atoms with E-state index in [2.05, 4.69) is 21.2 Å². The van der Waals surface area contributed by atoms with Crippen molar-refractivity contribution in [2.24, 2.45) is 0 Å². The van der Waals surface area contributed by atoms with Crippen molar-refractivity contribution in [2.75, 3.05) is 19.0 Å². The average molecular weight is 512 g/mol. The monoisotopic (exact) mass is 510 g/mol. The SMILES string of the molecule is COc1cc(/C=C2/SC(=O)N(CC(=O)Nc3ccc(C)c(Cl)c3)C2=O)cc(Br)c1O. The van der Waals surface area contributed by atoms with Crippen molar-refractivity contribution in [1.82, 2.24) is 4.90 Å². The number of anilines is 1. The number of nitrogens with one attached hydrogen (secondary N) is 1. The summed E-state index contributed by atoms with van der Waals surface area (Å²) >= 11 is 9.98. The summed E-state index contributed by atoms with van der Waals surface area (Å²) < 4.78 is 5.46. The molecule has 30 heavy (non-hydrogen) atoms. The predicted octanol–water partition coefficient (Wildman–Crippen LogP) is 4.80. The van der Waals surface area contributed by atoms with Crippen LogP contribution in [0, 0.1) is 6.92 Å². The maximum atomic E-state index is 12.6. The number of ether oxygens (including phenoxy) is 1. The third-order valence-corrected chi connectivity index (χ3v) is 6.12. The summed E-state index contributed by atoms with van der Waals surface area (Å²) in [5.41, 5.74) is 1.88. The highest BCUT2D eigenvalue weighted by Gasteiger charge is 2.36. The van der Waals surface area contributed by atoms with Crippen LogP contribution in [0.2, 0.25) is 5.02 Å². The van der Waals surface area contributed by atoms with Gasteiger partial charge in [0.25, 0.3) is 11.1 Å². The van der Waals surface area contributed by atoms with E-state index in [-0.39, 0.29) is 16.4 Å². The van der Waals surface area contributed by atoms with Crippen LogP contribution in [0.1, 0.15) is 11.1 Å². The minimum atomic E-state index is -0.578. The van der Waals surface area contributed by atoms with Crippen molar-refractivity contribution in [2.45, 2.75) is 6.92 Å². The van der Waals surface area contributed by atoms with Crippen LogP contribution >= 0.6 is 39.3 Å². The fraction of sp³-hybridized carbons (Fsp3) is 0.150. The van der Waals surface area contributed by atoms with Gasteiger partial charge >= 0.3 is 0 Å². The lowest BCUT2D eigenvalue weighted by molar-refractivity contribution is -0.127. The number of phenolic OH excluding ortho intramolecular Hbond substituents is 1. The zero-order chi connectivity index (χ0) is 22.0. The molecule has 1 fully saturated rings. The number of aromatic hydroxyl groups is 1. The van der Waals surface area contributed by atoms with Crippen LogP contribution in [0.5, 0.6) is 11.5 Å². The summed E-state index contributed by atoms with van der Waals surface area (Å²) in [6.45, 7) is 1.42. The number of thioether (sulfide) groups is 1. The molecule has 0 bridgehead atoms. The molecular formula is C20H16BrClN2O5S. The molecule has 0 atom stereocenters. The number of carbonyl (C=O) groups excluding carboxylic acids is 3. The van der Waals surface area contributed by atoms with E-state index < -0.39 is 23.6 Å². The zero-order valence-electron chi connectivity index (χ0n) is 15.9. The summed E-state index contributed by atoms with van der Waals surface area (Å²) in [7, 11) is 1.40. The molecular weight excluding hydrogens is 496 g/mol. The van der Waals surface area contributed by atoms with Crippen molar-refractivity contribution in [1.29, 1.82) is 0 Å². The lowest BCUT2D eigenvalue weighted by Crippen LogP contribution is -2.36. The Morgan fingerprint density at radius 2 is 2.07 bits per heavy atom. The maximum absolute atomic E-state index is 12.6. The van der Waals surface area contributed by atoms with Gasteiger partial charge in [0.1, 0.15) is 6.54 Å². The molecule has 3 amide bonds. The highest BCUT2D eigenvalue weighted by Crippen LogP contribution is 2.38. The smallest absolute Gasteiger partial charge is 0.294 e. The van der Waals surface area contributed by atoms with Gasteiger partial charge < -0.3 is 15.2 Å². The summed E-state index contributed by atoms with van der Waals surface area (Å²) in [6, 6.07) is 8.15. The molecule has 1 aliphatic rings. The zero-order valence-corrected chi connectivity index (χ0v) is 19.0. The average Bonchev–Trinajstić information content (AvgIpc) is 2.94. The van der Waals surface area contributed by atoms with E-state index in [1.54, 1.807) is 24.3 Å². The van der Waals surface area contributed by atoms with Gasteiger partial charge in [-0.25, -0.2) is 0 Å². The molecule has 10 heteroatoms. The molecule has 1 saturated heterocycles. The fourth-order valence-electron chi connectivity index (χ4n) is 2.64. The van der Waals surface area contributed by atoms with Gasteiger partial charge in [0, 0.05) is 10.7 Å². The van der Waals surface area contributed by atoms with Crippen LogP contribution in [-0.4, -0.2) is 40.7 Å². The van der Waals surface area contributed by atoms with Gasteiger partial charge in [-0.15, -0.1) is 0 Å². The Morgan fingerprint density at radius 1 is 1.33 bits per heavy atom. The molecule has 0 saturated carbocycles. The second kappa shape index (κ2) is 9.11. The van der Waals surface area contributed by atoms with E-state index >= 15 is 0 Å². The first kappa shape index (κ1) is 22.2. The van der Waals surface area contributed by atoms with Gasteiger partial charge in [-0.1, -0.05) is 17.7 Å². The minimum Gasteiger partial charge on any atom is -0.503 e. The Bertz CT molecular complexity index is 1090. The van der Waals surface area contributed by atoms with Crippen LogP contribution in [0.3, 0.4) is 0 Å². The largest absolute Gasteiger partial charge is 0.503 e. The van der Waals surface area contributed by atoms with Crippen molar-refractivity contribution in [3.63, 3.8) is 0 Å². The Balaban J connectivity index is 1.74. The van der Waals surface area contributed by atoms with E-state index in [9.17, 15) is 19.5 Å². The van der Waals surface area contributed by atoms with Gasteiger partial charge in [0.2, 0.25) is 5.91 Å². The fourth-order valence-corrected chi connectivity index (χ4v) is 4.11. The van der Waals surface area contributed by atoms with Gasteiger partial charge in [0.05, 0.1) is 16.5 Å². The third-order valence-electron chi connectivity index (χ3n) is 4.20. The van der Waals surface area contributed by atoms with Crippen molar-refractivity contribution < 1.29 is 24.2 Å². The standard InChI is InChI=1S/C20H16BrClN2O5S/c1-10-3-4-12(8-14(10)22)23-17(25)9-24-19(27)16(30-20(24)28)7-11-5-13(21)18(26)15(6-11)29-2/h3-8,26H,9H2,1-2H3,(H,23,25)/b16-7+. The predicted molar refractivity (Wildman–Crippen MR) is 120 cm³/mol. The van der Waals surface area contributed by atoms with Gasteiger partial charge in [-0.05, 0) is 76.1 Å². The number of nitrogens with zero attached hydrogens (tertiary/aromatic N) is 1. The van der Waals surface area contributed by atoms with E-state index in [0.29, 0.717) is 20.7 Å². The number of hydrogen-bond donors (Lipinski definition) is 2. The van der Waals surface area contributed by atoms with Crippen molar-refractivity contribution >= 4 is 68.1 Å². The molecule has 0 aliphatic carbocycles. The molecule has 0 spiro atoms. The number of halogens is 2. The second-order valence-electron chi connectivity index (χ2n) is 6.33. The molecule has 0 radical (unpaired) electrons. The highest BCUT2D eigenvalue weighted by atomic mass is 79.9. The van der Waals surface area contributed by atoms with E-state index in [4.69, 9.17) is 16.3 Å². The summed E-state index contributed by atoms with van der Waals surface area (Å²) in [6.07, 6.45) is 1.50.